The van der Waals surface area contributed by atoms with Crippen molar-refractivity contribution in [3.8, 4) is 0 Å². The fourth-order valence-corrected chi connectivity index (χ4v) is 26.4. The van der Waals surface area contributed by atoms with Crippen molar-refractivity contribution in [3.63, 3.8) is 0 Å². The minimum Gasteiger partial charge on any atom is -0.415 e. The minimum atomic E-state index is -2.78. The Balaban J connectivity index is 3.38. The standard InChI is InChI=1S/C28H64O8Si4/c1-25(2,3)29-17-21-37(13)33-38(14,22-18-30-26(4,5)6)35-40(16,24-20-32-28(10,11)12)36-39(15,34-37)23-19-31-27(7,8)9/h17-24H2,1-16H3. The molecule has 0 unspecified atom stereocenters. The molecule has 1 fully saturated rings. The molecule has 12 heteroatoms. The summed E-state index contributed by atoms with van der Waals surface area (Å²) in [5, 5.41) is 0. The van der Waals surface area contributed by atoms with Crippen molar-refractivity contribution in [2.45, 2.75) is 156 Å². The lowest BCUT2D eigenvalue weighted by Crippen LogP contribution is -2.68. The second-order valence-electron chi connectivity index (χ2n) is 15.8. The molecule has 0 aromatic rings. The van der Waals surface area contributed by atoms with Crippen LogP contribution in [0, 0.1) is 0 Å². The van der Waals surface area contributed by atoms with E-state index in [9.17, 15) is 0 Å². The summed E-state index contributed by atoms with van der Waals surface area (Å²) in [4.78, 5) is 0. The molecule has 0 aliphatic carbocycles. The maximum absolute atomic E-state index is 7.16. The molecule has 1 rings (SSSR count). The molecule has 40 heavy (non-hydrogen) atoms. The van der Waals surface area contributed by atoms with Gasteiger partial charge in [0.25, 0.3) is 0 Å². The summed E-state index contributed by atoms with van der Waals surface area (Å²) in [5.74, 6) is 0. The Morgan fingerprint density at radius 2 is 0.500 bits per heavy atom. The third kappa shape index (κ3) is 17.0. The van der Waals surface area contributed by atoms with Crippen molar-refractivity contribution in [2.75, 3.05) is 26.4 Å². The van der Waals surface area contributed by atoms with E-state index in [4.69, 9.17) is 35.4 Å². The Morgan fingerprint density at radius 3 is 0.625 bits per heavy atom. The van der Waals surface area contributed by atoms with Crippen LogP contribution in [-0.2, 0) is 35.4 Å². The lowest BCUT2D eigenvalue weighted by molar-refractivity contribution is -0.000360. The second-order valence-corrected chi connectivity index (χ2v) is 30.1. The van der Waals surface area contributed by atoms with Crippen LogP contribution in [0.3, 0.4) is 0 Å². The van der Waals surface area contributed by atoms with Crippen LogP contribution in [0.5, 0.6) is 0 Å². The predicted octanol–water partition coefficient (Wildman–Crippen LogP) is 7.61. The van der Waals surface area contributed by atoms with Crippen molar-refractivity contribution in [1.82, 2.24) is 0 Å². The lowest BCUT2D eigenvalue weighted by atomic mass is 10.2. The second kappa shape index (κ2) is 14.1. The van der Waals surface area contributed by atoms with E-state index in [0.29, 0.717) is 50.6 Å². The van der Waals surface area contributed by atoms with Crippen molar-refractivity contribution >= 4 is 34.2 Å². The van der Waals surface area contributed by atoms with Crippen molar-refractivity contribution < 1.29 is 35.4 Å². The molecule has 0 bridgehead atoms. The Bertz CT molecular complexity index is 632. The normalized spacial score (nSPS) is 31.2. The lowest BCUT2D eigenvalue weighted by Gasteiger charge is -2.50. The van der Waals surface area contributed by atoms with E-state index in [1.807, 2.05) is 0 Å². The Hall–Kier alpha value is 0.548. The molecule has 1 saturated heterocycles. The van der Waals surface area contributed by atoms with Gasteiger partial charge in [-0.1, -0.05) is 0 Å². The third-order valence-electron chi connectivity index (χ3n) is 6.09. The van der Waals surface area contributed by atoms with Gasteiger partial charge in [-0.3, -0.25) is 0 Å². The maximum atomic E-state index is 7.16. The molecular formula is C28H64O8Si4. The molecule has 0 saturated carbocycles. The van der Waals surface area contributed by atoms with Crippen molar-refractivity contribution in [3.05, 3.63) is 0 Å². The summed E-state index contributed by atoms with van der Waals surface area (Å²) < 4.78 is 53.2. The van der Waals surface area contributed by atoms with Crippen LogP contribution in [0.2, 0.25) is 50.4 Å². The molecule has 0 spiro atoms. The maximum Gasteiger partial charge on any atom is 0.319 e. The summed E-state index contributed by atoms with van der Waals surface area (Å²) in [6.45, 7) is 35.8. The first-order valence-corrected chi connectivity index (χ1v) is 25.1. The predicted molar refractivity (Wildman–Crippen MR) is 173 cm³/mol. The first-order valence-electron chi connectivity index (χ1n) is 15.0. The Kier molecular flexibility index (Phi) is 13.6. The summed E-state index contributed by atoms with van der Waals surface area (Å²) in [6, 6.07) is 2.81. The highest BCUT2D eigenvalue weighted by Gasteiger charge is 2.56. The van der Waals surface area contributed by atoms with Crippen LogP contribution in [0.15, 0.2) is 0 Å². The van der Waals surface area contributed by atoms with Crippen LogP contribution >= 0.6 is 0 Å². The fourth-order valence-electron chi connectivity index (χ4n) is 4.49. The van der Waals surface area contributed by atoms with Crippen LogP contribution in [-0.4, -0.2) is 83.1 Å². The smallest absolute Gasteiger partial charge is 0.319 e. The fraction of sp³-hybridized carbons (Fsp3) is 1.00. The quantitative estimate of drug-likeness (QED) is 0.202. The van der Waals surface area contributed by atoms with Gasteiger partial charge in [-0.2, -0.15) is 0 Å². The highest BCUT2D eigenvalue weighted by Crippen LogP contribution is 2.38. The highest BCUT2D eigenvalue weighted by molar-refractivity contribution is 6.94. The molecule has 0 aromatic heterocycles. The van der Waals surface area contributed by atoms with E-state index in [1.165, 1.54) is 0 Å². The van der Waals surface area contributed by atoms with E-state index in [1.54, 1.807) is 0 Å². The van der Waals surface area contributed by atoms with E-state index < -0.39 is 34.2 Å². The Morgan fingerprint density at radius 1 is 0.350 bits per heavy atom. The van der Waals surface area contributed by atoms with Crippen LogP contribution < -0.4 is 0 Å². The zero-order chi connectivity index (χ0) is 31.3. The molecule has 0 aromatic carbocycles. The molecule has 0 radical (unpaired) electrons. The van der Waals surface area contributed by atoms with Gasteiger partial charge in [0, 0.05) is 50.6 Å². The Labute approximate surface area is 251 Å². The molecule has 0 atom stereocenters. The summed E-state index contributed by atoms with van der Waals surface area (Å²) in [7, 11) is -11.1. The van der Waals surface area contributed by atoms with Gasteiger partial charge >= 0.3 is 34.2 Å². The van der Waals surface area contributed by atoms with Gasteiger partial charge in [-0.15, -0.1) is 0 Å². The topological polar surface area (TPSA) is 73.8 Å². The van der Waals surface area contributed by atoms with E-state index in [0.717, 1.165) is 0 Å². The number of hydrogen-bond donors (Lipinski definition) is 0. The van der Waals surface area contributed by atoms with Gasteiger partial charge in [0.05, 0.1) is 22.4 Å². The molecule has 1 aliphatic rings. The van der Waals surface area contributed by atoms with Gasteiger partial charge in [0.1, 0.15) is 0 Å². The zero-order valence-electron chi connectivity index (χ0n) is 28.9. The van der Waals surface area contributed by atoms with Crippen LogP contribution in [0.25, 0.3) is 0 Å². The first-order chi connectivity index (χ1) is 17.7. The SMILES string of the molecule is CC(C)(C)OCC[Si]1(C)O[Si](C)(CCOC(C)(C)C)O[Si](C)(CCOC(C)(C)C)O[Si](C)(CCOC(C)(C)C)O1. The van der Waals surface area contributed by atoms with E-state index in [2.05, 4.69) is 109 Å². The first kappa shape index (κ1) is 38.6. The number of rotatable bonds is 12. The molecule has 8 nitrogen and oxygen atoms in total. The molecule has 0 N–H and O–H groups in total. The monoisotopic (exact) mass is 640 g/mol. The average molecular weight is 641 g/mol. The van der Waals surface area contributed by atoms with Crippen LogP contribution in [0.1, 0.15) is 83.1 Å². The van der Waals surface area contributed by atoms with Gasteiger partial charge in [-0.25, -0.2) is 0 Å². The minimum absolute atomic E-state index is 0.236. The average Bonchev–Trinajstić information content (AvgIpc) is 2.61. The molecular weight excluding hydrogens is 577 g/mol. The summed E-state index contributed by atoms with van der Waals surface area (Å²) in [5.41, 5.74) is -0.943. The van der Waals surface area contributed by atoms with Gasteiger partial charge in [-0.05, 0) is 109 Å². The number of hydrogen-bond acceptors (Lipinski definition) is 8. The third-order valence-corrected chi connectivity index (χ3v) is 24.4. The van der Waals surface area contributed by atoms with E-state index in [-0.39, 0.29) is 22.4 Å². The molecule has 0 amide bonds. The van der Waals surface area contributed by atoms with Crippen molar-refractivity contribution in [2.24, 2.45) is 0 Å². The summed E-state index contributed by atoms with van der Waals surface area (Å²) in [6.07, 6.45) is 0. The van der Waals surface area contributed by atoms with Gasteiger partial charge in [0.2, 0.25) is 0 Å². The molecule has 240 valence electrons. The highest BCUT2D eigenvalue weighted by atomic mass is 28.5. The number of ether oxygens (including phenoxy) is 4. The van der Waals surface area contributed by atoms with Gasteiger partial charge < -0.3 is 35.4 Å². The molecule has 1 heterocycles. The van der Waals surface area contributed by atoms with Gasteiger partial charge in [0.15, 0.2) is 0 Å². The van der Waals surface area contributed by atoms with Crippen molar-refractivity contribution in [1.29, 1.82) is 0 Å². The largest absolute Gasteiger partial charge is 0.415 e. The molecule has 1 aliphatic heterocycles. The summed E-state index contributed by atoms with van der Waals surface area (Å²) >= 11 is 0. The van der Waals surface area contributed by atoms with Crippen LogP contribution in [0.4, 0.5) is 0 Å². The zero-order valence-corrected chi connectivity index (χ0v) is 32.9. The van der Waals surface area contributed by atoms with E-state index >= 15 is 0 Å².